The summed E-state index contributed by atoms with van der Waals surface area (Å²) in [6, 6.07) is 15.7. The molecule has 170 valence electrons. The fourth-order valence-electron chi connectivity index (χ4n) is 3.42. The Balaban J connectivity index is 1.49. The third-order valence-corrected chi connectivity index (χ3v) is 7.13. The van der Waals surface area contributed by atoms with Crippen molar-refractivity contribution in [3.63, 3.8) is 0 Å². The predicted octanol–water partition coefficient (Wildman–Crippen LogP) is 6.63. The van der Waals surface area contributed by atoms with E-state index in [1.54, 1.807) is 12.1 Å². The van der Waals surface area contributed by atoms with Gasteiger partial charge in [-0.2, -0.15) is 0 Å². The van der Waals surface area contributed by atoms with Crippen molar-refractivity contribution in [3.8, 4) is 11.1 Å². The van der Waals surface area contributed by atoms with E-state index in [0.717, 1.165) is 27.9 Å². The molecule has 0 aliphatic rings. The number of esters is 1. The number of thiophene rings is 1. The average molecular weight is 479 g/mol. The third kappa shape index (κ3) is 5.37. The maximum Gasteiger partial charge on any atom is 0.338 e. The number of fused-ring (bicyclic) bond motifs is 1. The molecule has 0 unspecified atom stereocenters. The zero-order chi connectivity index (χ0) is 23.4. The highest BCUT2D eigenvalue weighted by Gasteiger charge is 2.14. The van der Waals surface area contributed by atoms with Crippen LogP contribution in [0.4, 0.5) is 0 Å². The van der Waals surface area contributed by atoms with E-state index in [1.807, 2.05) is 24.4 Å². The summed E-state index contributed by atoms with van der Waals surface area (Å²) in [5, 5.41) is 3.22. The van der Waals surface area contributed by atoms with Gasteiger partial charge in [0.15, 0.2) is 5.16 Å². The van der Waals surface area contributed by atoms with Gasteiger partial charge in [0.1, 0.15) is 4.83 Å². The molecule has 2 heterocycles. The van der Waals surface area contributed by atoms with E-state index in [2.05, 4.69) is 48.1 Å². The lowest BCUT2D eigenvalue weighted by molar-refractivity contribution is 0.0505. The lowest BCUT2D eigenvalue weighted by Gasteiger charge is -2.07. The van der Waals surface area contributed by atoms with Crippen LogP contribution < -0.4 is 5.56 Å². The van der Waals surface area contributed by atoms with E-state index >= 15 is 0 Å². The summed E-state index contributed by atoms with van der Waals surface area (Å²) in [5.74, 6) is 0.794. The van der Waals surface area contributed by atoms with E-state index in [1.165, 1.54) is 28.7 Å². The molecule has 2 aromatic carbocycles. The van der Waals surface area contributed by atoms with Crippen LogP contribution in [0.25, 0.3) is 21.3 Å². The topological polar surface area (TPSA) is 72.0 Å². The molecule has 1 N–H and O–H groups in total. The van der Waals surface area contributed by atoms with Crippen LogP contribution >= 0.6 is 23.1 Å². The van der Waals surface area contributed by atoms with Crippen LogP contribution in [0.1, 0.15) is 54.6 Å². The Bertz CT molecular complexity index is 1310. The van der Waals surface area contributed by atoms with Gasteiger partial charge in [-0.25, -0.2) is 9.78 Å². The summed E-state index contributed by atoms with van der Waals surface area (Å²) >= 11 is 2.95. The normalized spacial score (nSPS) is 11.3. The van der Waals surface area contributed by atoms with Gasteiger partial charge in [-0.15, -0.1) is 11.3 Å². The van der Waals surface area contributed by atoms with Gasteiger partial charge in [0.25, 0.3) is 5.56 Å². The van der Waals surface area contributed by atoms with Gasteiger partial charge in [-0.05, 0) is 41.2 Å². The quantitative estimate of drug-likeness (QED) is 0.175. The fourth-order valence-corrected chi connectivity index (χ4v) is 5.25. The first-order valence-electron chi connectivity index (χ1n) is 11.0. The summed E-state index contributed by atoms with van der Waals surface area (Å²) in [5.41, 5.74) is 4.66. The summed E-state index contributed by atoms with van der Waals surface area (Å²) < 4.78 is 5.16. The highest BCUT2D eigenvalue weighted by atomic mass is 32.2. The molecule has 0 spiro atoms. The standard InChI is InChI=1S/C26H26N2O3S2/c1-4-13-31-25(30)20-7-5-17(6-8-20)14-33-26-27-23(29)22-21(15-32-24(22)28-26)19-11-9-18(10-12-19)16(2)3/h5-12,15-16H,4,13-14H2,1-3H3,(H,27,28,29). The van der Waals surface area contributed by atoms with E-state index in [0.29, 0.717) is 34.4 Å². The number of carbonyl (C=O) groups is 1. The molecule has 33 heavy (non-hydrogen) atoms. The number of ether oxygens (including phenoxy) is 1. The van der Waals surface area contributed by atoms with Gasteiger partial charge in [-0.1, -0.05) is 68.9 Å². The predicted molar refractivity (Wildman–Crippen MR) is 136 cm³/mol. The number of benzene rings is 2. The third-order valence-electron chi connectivity index (χ3n) is 5.31. The summed E-state index contributed by atoms with van der Waals surface area (Å²) in [6.45, 7) is 6.72. The maximum absolute atomic E-state index is 12.9. The van der Waals surface area contributed by atoms with E-state index in [4.69, 9.17) is 4.74 Å². The maximum atomic E-state index is 12.9. The molecular formula is C26H26N2O3S2. The molecule has 0 fully saturated rings. The number of thioether (sulfide) groups is 1. The number of hydrogen-bond acceptors (Lipinski definition) is 6. The van der Waals surface area contributed by atoms with Crippen molar-refractivity contribution in [2.24, 2.45) is 0 Å². The highest BCUT2D eigenvalue weighted by molar-refractivity contribution is 7.98. The van der Waals surface area contributed by atoms with Crippen molar-refractivity contribution in [3.05, 3.63) is 81.0 Å². The number of nitrogens with one attached hydrogen (secondary N) is 1. The summed E-state index contributed by atoms with van der Waals surface area (Å²) in [6.07, 6.45) is 0.798. The van der Waals surface area contributed by atoms with Gasteiger partial charge >= 0.3 is 5.97 Å². The van der Waals surface area contributed by atoms with Gasteiger partial charge in [0.05, 0.1) is 17.6 Å². The lowest BCUT2D eigenvalue weighted by Crippen LogP contribution is -2.08. The van der Waals surface area contributed by atoms with Gasteiger partial charge in [0, 0.05) is 16.7 Å². The smallest absolute Gasteiger partial charge is 0.338 e. The number of carbonyl (C=O) groups excluding carboxylic acids is 1. The molecule has 0 atom stereocenters. The van der Waals surface area contributed by atoms with Gasteiger partial charge in [-0.3, -0.25) is 4.79 Å². The molecule has 5 nitrogen and oxygen atoms in total. The largest absolute Gasteiger partial charge is 0.462 e. The Hall–Kier alpha value is -2.90. The highest BCUT2D eigenvalue weighted by Crippen LogP contribution is 2.32. The van der Waals surface area contributed by atoms with E-state index < -0.39 is 0 Å². The molecule has 0 aliphatic carbocycles. The molecule has 7 heteroatoms. The Labute approximate surface area is 201 Å². The van der Waals surface area contributed by atoms with Crippen molar-refractivity contribution >= 4 is 39.3 Å². The van der Waals surface area contributed by atoms with Crippen LogP contribution in [0, 0.1) is 0 Å². The number of aromatic nitrogens is 2. The van der Waals surface area contributed by atoms with Crippen molar-refractivity contribution < 1.29 is 9.53 Å². The van der Waals surface area contributed by atoms with E-state index in [-0.39, 0.29) is 11.5 Å². The number of hydrogen-bond donors (Lipinski definition) is 1. The molecule has 4 rings (SSSR count). The number of aromatic amines is 1. The Morgan fingerprint density at radius 3 is 2.52 bits per heavy atom. The zero-order valence-electron chi connectivity index (χ0n) is 18.9. The molecule has 0 aliphatic heterocycles. The second-order valence-electron chi connectivity index (χ2n) is 8.10. The van der Waals surface area contributed by atoms with Crippen LogP contribution in [0.3, 0.4) is 0 Å². The van der Waals surface area contributed by atoms with Crippen molar-refractivity contribution in [1.82, 2.24) is 9.97 Å². The first kappa shape index (κ1) is 23.3. The number of nitrogens with zero attached hydrogens (tertiary/aromatic N) is 1. The van der Waals surface area contributed by atoms with Crippen LogP contribution in [-0.4, -0.2) is 22.5 Å². The first-order valence-corrected chi connectivity index (χ1v) is 12.8. The van der Waals surface area contributed by atoms with E-state index in [9.17, 15) is 9.59 Å². The number of H-pyrrole nitrogens is 1. The van der Waals surface area contributed by atoms with Crippen molar-refractivity contribution in [2.75, 3.05) is 6.61 Å². The minimum absolute atomic E-state index is 0.124. The molecule has 0 saturated carbocycles. The Morgan fingerprint density at radius 1 is 1.12 bits per heavy atom. The summed E-state index contributed by atoms with van der Waals surface area (Å²) in [7, 11) is 0. The first-order chi connectivity index (χ1) is 16.0. The van der Waals surface area contributed by atoms with Crippen LogP contribution in [0.2, 0.25) is 0 Å². The van der Waals surface area contributed by atoms with Crippen LogP contribution in [0.15, 0.2) is 63.9 Å². The molecule has 0 saturated heterocycles. The Morgan fingerprint density at radius 2 is 1.85 bits per heavy atom. The zero-order valence-corrected chi connectivity index (χ0v) is 20.5. The van der Waals surface area contributed by atoms with Crippen LogP contribution in [-0.2, 0) is 10.5 Å². The fraction of sp³-hybridized carbons (Fsp3) is 0.269. The molecule has 4 aromatic rings. The van der Waals surface area contributed by atoms with Crippen molar-refractivity contribution in [2.45, 2.75) is 44.0 Å². The minimum atomic E-state index is -0.306. The minimum Gasteiger partial charge on any atom is -0.462 e. The second-order valence-corrected chi connectivity index (χ2v) is 9.92. The second kappa shape index (κ2) is 10.4. The molecule has 0 bridgehead atoms. The molecule has 0 amide bonds. The monoisotopic (exact) mass is 478 g/mol. The van der Waals surface area contributed by atoms with Gasteiger partial charge < -0.3 is 9.72 Å². The molecule has 0 radical (unpaired) electrons. The average Bonchev–Trinajstić information content (AvgIpc) is 3.26. The number of rotatable bonds is 8. The summed E-state index contributed by atoms with van der Waals surface area (Å²) in [4.78, 5) is 33.2. The lowest BCUT2D eigenvalue weighted by atomic mass is 9.99. The molecular weight excluding hydrogens is 452 g/mol. The Kier molecular flexibility index (Phi) is 7.30. The molecule has 2 aromatic heterocycles. The van der Waals surface area contributed by atoms with Gasteiger partial charge in [0.2, 0.25) is 0 Å². The van der Waals surface area contributed by atoms with Crippen LogP contribution in [0.5, 0.6) is 0 Å². The van der Waals surface area contributed by atoms with Crippen molar-refractivity contribution in [1.29, 1.82) is 0 Å². The SMILES string of the molecule is CCCOC(=O)c1ccc(CSc2nc3scc(-c4ccc(C(C)C)cc4)c3c(=O)[nH]2)cc1.